The van der Waals surface area contributed by atoms with Crippen LogP contribution in [0.25, 0.3) is 0 Å². The monoisotopic (exact) mass is 385 g/mol. The molecule has 1 aromatic heterocycles. The van der Waals surface area contributed by atoms with Crippen LogP contribution in [0.1, 0.15) is 26.4 Å². The highest BCUT2D eigenvalue weighted by Gasteiger charge is 2.32. The molecule has 0 bridgehead atoms. The SMILES string of the molecule is O=C1C(Cc2ccc(N3CCNCC3)c(F)c2)=C(Cl)C(=O)c2ncccc21. The molecule has 1 fully saturated rings. The maximum absolute atomic E-state index is 14.6. The number of hydrogen-bond acceptors (Lipinski definition) is 5. The number of carbonyl (C=O) groups excluding carboxylic acids is 2. The molecule has 0 saturated carbocycles. The number of aromatic nitrogens is 1. The van der Waals surface area contributed by atoms with Crippen molar-refractivity contribution >= 4 is 28.9 Å². The molecule has 138 valence electrons. The molecule has 1 aliphatic heterocycles. The van der Waals surface area contributed by atoms with Gasteiger partial charge in [0.05, 0.1) is 16.3 Å². The topological polar surface area (TPSA) is 62.3 Å². The highest BCUT2D eigenvalue weighted by atomic mass is 35.5. The van der Waals surface area contributed by atoms with Crippen LogP contribution < -0.4 is 10.2 Å². The number of hydrogen-bond donors (Lipinski definition) is 1. The number of ketones is 2. The number of pyridine rings is 1. The van der Waals surface area contributed by atoms with E-state index >= 15 is 0 Å². The minimum atomic E-state index is -0.472. The quantitative estimate of drug-likeness (QED) is 0.880. The van der Waals surface area contributed by atoms with Crippen molar-refractivity contribution < 1.29 is 14.0 Å². The molecule has 4 rings (SSSR count). The highest BCUT2D eigenvalue weighted by Crippen LogP contribution is 2.30. The minimum Gasteiger partial charge on any atom is -0.367 e. The van der Waals surface area contributed by atoms with Crippen molar-refractivity contribution in [2.45, 2.75) is 6.42 Å². The molecular weight excluding hydrogens is 369 g/mol. The maximum Gasteiger partial charge on any atom is 0.223 e. The van der Waals surface area contributed by atoms with E-state index in [0.717, 1.165) is 26.2 Å². The van der Waals surface area contributed by atoms with Gasteiger partial charge >= 0.3 is 0 Å². The average Bonchev–Trinajstić information content (AvgIpc) is 2.70. The van der Waals surface area contributed by atoms with Crippen molar-refractivity contribution in [2.75, 3.05) is 31.1 Å². The minimum absolute atomic E-state index is 0.0662. The van der Waals surface area contributed by atoms with Crippen LogP contribution in [0.2, 0.25) is 0 Å². The fourth-order valence-electron chi connectivity index (χ4n) is 3.46. The molecule has 0 amide bonds. The number of piperazine rings is 1. The van der Waals surface area contributed by atoms with Crippen LogP contribution in [-0.2, 0) is 6.42 Å². The Hall–Kier alpha value is -2.57. The van der Waals surface area contributed by atoms with E-state index < -0.39 is 5.78 Å². The van der Waals surface area contributed by atoms with Crippen molar-refractivity contribution in [3.8, 4) is 0 Å². The lowest BCUT2D eigenvalue weighted by atomic mass is 9.89. The Morgan fingerprint density at radius 1 is 1.15 bits per heavy atom. The number of carbonyl (C=O) groups is 2. The molecule has 1 saturated heterocycles. The summed E-state index contributed by atoms with van der Waals surface area (Å²) >= 11 is 6.16. The largest absolute Gasteiger partial charge is 0.367 e. The third-order valence-corrected chi connectivity index (χ3v) is 5.26. The molecule has 7 heteroatoms. The molecule has 1 aromatic carbocycles. The number of Topliss-reactive ketones (excluding diaryl/α,β-unsaturated/α-hetero) is 2. The Balaban J connectivity index is 1.62. The number of benzene rings is 1. The van der Waals surface area contributed by atoms with E-state index in [9.17, 15) is 14.0 Å². The van der Waals surface area contributed by atoms with Crippen LogP contribution in [0.5, 0.6) is 0 Å². The van der Waals surface area contributed by atoms with Crippen molar-refractivity contribution in [3.63, 3.8) is 0 Å². The third-order valence-electron chi connectivity index (χ3n) is 4.86. The fourth-order valence-corrected chi connectivity index (χ4v) is 3.70. The molecule has 0 atom stereocenters. The summed E-state index contributed by atoms with van der Waals surface area (Å²) in [7, 11) is 0. The molecule has 2 heterocycles. The van der Waals surface area contributed by atoms with Gasteiger partial charge in [0.2, 0.25) is 5.78 Å². The summed E-state index contributed by atoms with van der Waals surface area (Å²) in [5.41, 5.74) is 1.61. The number of fused-ring (bicyclic) bond motifs is 1. The van der Waals surface area contributed by atoms with Gasteiger partial charge in [0.1, 0.15) is 11.5 Å². The number of nitrogens with one attached hydrogen (secondary N) is 1. The predicted molar refractivity (Wildman–Crippen MR) is 101 cm³/mol. The van der Waals surface area contributed by atoms with Crippen molar-refractivity contribution in [3.05, 3.63) is 69.8 Å². The van der Waals surface area contributed by atoms with Crippen LogP contribution >= 0.6 is 11.6 Å². The molecule has 1 aliphatic carbocycles. The van der Waals surface area contributed by atoms with Gasteiger partial charge in [-0.1, -0.05) is 17.7 Å². The van der Waals surface area contributed by atoms with Gasteiger partial charge in [-0.15, -0.1) is 0 Å². The number of allylic oxidation sites excluding steroid dienone is 2. The fraction of sp³-hybridized carbons (Fsp3) is 0.250. The second-order valence-corrected chi connectivity index (χ2v) is 6.93. The van der Waals surface area contributed by atoms with Crippen LogP contribution in [0.4, 0.5) is 10.1 Å². The Bertz CT molecular complexity index is 967. The summed E-state index contributed by atoms with van der Waals surface area (Å²) in [5, 5.41) is 3.09. The van der Waals surface area contributed by atoms with Gasteiger partial charge in [0.25, 0.3) is 0 Å². The van der Waals surface area contributed by atoms with E-state index in [-0.39, 0.29) is 39.9 Å². The van der Waals surface area contributed by atoms with Crippen molar-refractivity contribution in [1.82, 2.24) is 10.3 Å². The zero-order valence-corrected chi connectivity index (χ0v) is 15.2. The Kier molecular flexibility index (Phi) is 4.76. The number of rotatable bonds is 3. The van der Waals surface area contributed by atoms with Gasteiger partial charge < -0.3 is 10.2 Å². The molecule has 0 unspecified atom stereocenters. The molecule has 1 N–H and O–H groups in total. The van der Waals surface area contributed by atoms with Crippen LogP contribution in [0.3, 0.4) is 0 Å². The van der Waals surface area contributed by atoms with Crippen molar-refractivity contribution in [1.29, 1.82) is 0 Å². The van der Waals surface area contributed by atoms with Gasteiger partial charge in [0.15, 0.2) is 5.78 Å². The average molecular weight is 386 g/mol. The molecule has 2 aromatic rings. The second kappa shape index (κ2) is 7.21. The van der Waals surface area contributed by atoms with Gasteiger partial charge in [0, 0.05) is 44.4 Å². The lowest BCUT2D eigenvalue weighted by Crippen LogP contribution is -2.43. The standard InChI is InChI=1S/C20H17ClFN3O2/c21-17-14(19(26)13-2-1-5-24-18(13)20(17)27)10-12-3-4-16(15(22)11-12)25-8-6-23-7-9-25/h1-5,11,23H,6-10H2. The smallest absolute Gasteiger partial charge is 0.223 e. The number of halogens is 2. The first kappa shape index (κ1) is 17.8. The van der Waals surface area contributed by atoms with Gasteiger partial charge in [-0.3, -0.25) is 14.6 Å². The molecule has 5 nitrogen and oxygen atoms in total. The molecule has 0 radical (unpaired) electrons. The van der Waals surface area contributed by atoms with E-state index in [1.807, 2.05) is 4.90 Å². The van der Waals surface area contributed by atoms with Crippen LogP contribution in [-0.4, -0.2) is 42.7 Å². The number of anilines is 1. The Morgan fingerprint density at radius 3 is 2.67 bits per heavy atom. The van der Waals surface area contributed by atoms with E-state index in [2.05, 4.69) is 10.3 Å². The second-order valence-electron chi connectivity index (χ2n) is 6.55. The van der Waals surface area contributed by atoms with E-state index in [0.29, 0.717) is 11.3 Å². The van der Waals surface area contributed by atoms with Crippen LogP contribution in [0.15, 0.2) is 47.1 Å². The van der Waals surface area contributed by atoms with Gasteiger partial charge in [-0.2, -0.15) is 0 Å². The van der Waals surface area contributed by atoms with E-state index in [1.54, 1.807) is 24.3 Å². The molecule has 0 spiro atoms. The molecule has 2 aliphatic rings. The summed E-state index contributed by atoms with van der Waals surface area (Å²) in [6.45, 7) is 3.11. The first-order valence-corrected chi connectivity index (χ1v) is 9.11. The maximum atomic E-state index is 14.6. The summed E-state index contributed by atoms with van der Waals surface area (Å²) in [5.74, 6) is -1.16. The van der Waals surface area contributed by atoms with E-state index in [4.69, 9.17) is 11.6 Å². The van der Waals surface area contributed by atoms with Gasteiger partial charge in [-0.25, -0.2) is 4.39 Å². The lowest BCUT2D eigenvalue weighted by Gasteiger charge is -2.29. The van der Waals surface area contributed by atoms with E-state index in [1.165, 1.54) is 12.3 Å². The zero-order valence-electron chi connectivity index (χ0n) is 14.5. The van der Waals surface area contributed by atoms with Gasteiger partial charge in [-0.05, 0) is 29.8 Å². The third kappa shape index (κ3) is 3.26. The molecular formula is C20H17ClFN3O2. The summed E-state index contributed by atoms with van der Waals surface area (Å²) < 4.78 is 14.6. The normalized spacial score (nSPS) is 17.3. The summed E-state index contributed by atoms with van der Waals surface area (Å²) in [6, 6.07) is 8.05. The zero-order chi connectivity index (χ0) is 19.0. The Labute approximate surface area is 160 Å². The van der Waals surface area contributed by atoms with Crippen LogP contribution in [0, 0.1) is 5.82 Å². The molecule has 27 heavy (non-hydrogen) atoms. The lowest BCUT2D eigenvalue weighted by molar-refractivity contribution is 0.0975. The first-order chi connectivity index (χ1) is 13.1. The first-order valence-electron chi connectivity index (χ1n) is 8.73. The predicted octanol–water partition coefficient (Wildman–Crippen LogP) is 2.74. The van der Waals surface area contributed by atoms with Crippen molar-refractivity contribution in [2.24, 2.45) is 0 Å². The summed E-state index contributed by atoms with van der Waals surface area (Å²) in [4.78, 5) is 31.1. The Morgan fingerprint density at radius 2 is 1.93 bits per heavy atom. The highest BCUT2D eigenvalue weighted by molar-refractivity contribution is 6.49. The summed E-state index contributed by atoms with van der Waals surface area (Å²) in [6.07, 6.45) is 1.54. The number of nitrogens with zero attached hydrogens (tertiary/aromatic N) is 2.